The summed E-state index contributed by atoms with van der Waals surface area (Å²) in [7, 11) is 1.60. The number of carboxylic acid groups (broad SMARTS) is 1. The second kappa shape index (κ2) is 13.6. The summed E-state index contributed by atoms with van der Waals surface area (Å²) in [6, 6.07) is 21.3. The minimum Gasteiger partial charge on any atom is -0.489 e. The molecule has 1 aromatic heterocycles. The summed E-state index contributed by atoms with van der Waals surface area (Å²) < 4.78 is 26.4. The van der Waals surface area contributed by atoms with Crippen molar-refractivity contribution in [2.75, 3.05) is 7.11 Å². The van der Waals surface area contributed by atoms with E-state index in [1.54, 1.807) is 49.2 Å². The monoisotopic (exact) mass is 559 g/mol. The molecular weight excluding hydrogens is 525 g/mol. The number of methoxy groups -OCH3 is 1. The second-order valence-electron chi connectivity index (χ2n) is 10.00. The van der Waals surface area contributed by atoms with E-state index in [2.05, 4.69) is 36.2 Å². The molecule has 0 saturated carbocycles. The minimum atomic E-state index is -1.00. The Morgan fingerprint density at radius 1 is 0.976 bits per heavy atom. The maximum absolute atomic E-state index is 13.1. The number of carboxylic acids is 1. The molecule has 0 radical (unpaired) electrons. The lowest BCUT2D eigenvalue weighted by Gasteiger charge is -2.13. The van der Waals surface area contributed by atoms with Gasteiger partial charge in [0.05, 0.1) is 30.3 Å². The highest BCUT2D eigenvalue weighted by molar-refractivity contribution is 6.00. The summed E-state index contributed by atoms with van der Waals surface area (Å²) in [5.74, 6) is -0.530. The van der Waals surface area contributed by atoms with Crippen molar-refractivity contribution in [3.63, 3.8) is 0 Å². The third kappa shape index (κ3) is 7.72. The van der Waals surface area contributed by atoms with Crippen LogP contribution in [0.25, 0.3) is 5.69 Å². The first kappa shape index (κ1) is 29.3. The van der Waals surface area contributed by atoms with Gasteiger partial charge in [0.25, 0.3) is 0 Å². The number of aromatic nitrogens is 2. The van der Waals surface area contributed by atoms with E-state index in [0.717, 1.165) is 22.4 Å². The zero-order valence-electron chi connectivity index (χ0n) is 23.6. The van der Waals surface area contributed by atoms with Gasteiger partial charge in [0.2, 0.25) is 5.88 Å². The molecule has 9 heteroatoms. The predicted octanol–water partition coefficient (Wildman–Crippen LogP) is 6.56. The van der Waals surface area contributed by atoms with Gasteiger partial charge >= 0.3 is 5.97 Å². The number of halogens is 1. The first-order chi connectivity index (χ1) is 19.7. The third-order valence-corrected chi connectivity index (χ3v) is 6.71. The van der Waals surface area contributed by atoms with Gasteiger partial charge in [-0.2, -0.15) is 5.10 Å². The molecule has 4 aromatic rings. The van der Waals surface area contributed by atoms with E-state index < -0.39 is 11.9 Å². The van der Waals surface area contributed by atoms with Crippen LogP contribution < -0.4 is 9.47 Å². The number of carbonyl (C=O) groups is 1. The van der Waals surface area contributed by atoms with Crippen LogP contribution in [-0.2, 0) is 29.3 Å². The summed E-state index contributed by atoms with van der Waals surface area (Å²) in [5, 5.41) is 18.2. The Labute approximate surface area is 239 Å². The zero-order valence-corrected chi connectivity index (χ0v) is 23.6. The van der Waals surface area contributed by atoms with Gasteiger partial charge in [-0.25, -0.2) is 9.07 Å². The summed E-state index contributed by atoms with van der Waals surface area (Å²) in [6.45, 7) is 6.29. The molecule has 0 aliphatic heterocycles. The highest BCUT2D eigenvalue weighted by Crippen LogP contribution is 2.26. The molecule has 1 heterocycles. The van der Waals surface area contributed by atoms with Crippen LogP contribution in [0, 0.1) is 11.7 Å². The number of hydrogen-bond acceptors (Lipinski definition) is 6. The van der Waals surface area contributed by atoms with Crippen LogP contribution >= 0.6 is 0 Å². The Morgan fingerprint density at radius 3 is 2.24 bits per heavy atom. The molecule has 3 aromatic carbocycles. The topological polar surface area (TPSA) is 95.2 Å². The van der Waals surface area contributed by atoms with Crippen molar-refractivity contribution >= 4 is 11.7 Å². The standard InChI is InChI=1S/C32H34FN3O5/c1-21(2)25-9-13-28(14-10-25)36-31(39-4)26(18-34-36)20-40-29-15-7-23(8-16-29)17-30(32(37)38)22(3)35-41-19-24-5-11-27(33)12-6-24/h5-16,18,21,30H,17,19-20H2,1-4H3,(H,37,38). The quantitative estimate of drug-likeness (QED) is 0.147. The Morgan fingerprint density at radius 2 is 1.63 bits per heavy atom. The lowest BCUT2D eigenvalue weighted by molar-refractivity contribution is -0.139. The van der Waals surface area contributed by atoms with Crippen LogP contribution in [0.3, 0.4) is 0 Å². The molecule has 0 spiro atoms. The number of benzene rings is 3. The molecule has 0 amide bonds. The van der Waals surface area contributed by atoms with E-state index in [4.69, 9.17) is 14.3 Å². The van der Waals surface area contributed by atoms with E-state index in [1.807, 2.05) is 24.3 Å². The van der Waals surface area contributed by atoms with Gasteiger partial charge < -0.3 is 19.4 Å². The number of aliphatic carboxylic acids is 1. The van der Waals surface area contributed by atoms with Crippen LogP contribution in [-0.4, -0.2) is 33.7 Å². The van der Waals surface area contributed by atoms with E-state index in [0.29, 0.717) is 23.3 Å². The Hall–Kier alpha value is -4.66. The van der Waals surface area contributed by atoms with E-state index >= 15 is 0 Å². The van der Waals surface area contributed by atoms with Crippen molar-refractivity contribution in [2.45, 2.75) is 46.3 Å². The highest BCUT2D eigenvalue weighted by Gasteiger charge is 2.22. The van der Waals surface area contributed by atoms with E-state index in [1.165, 1.54) is 17.7 Å². The summed E-state index contributed by atoms with van der Waals surface area (Å²) in [6.07, 6.45) is 1.96. The minimum absolute atomic E-state index is 0.115. The fourth-order valence-corrected chi connectivity index (χ4v) is 4.26. The molecule has 4 rings (SSSR count). The smallest absolute Gasteiger partial charge is 0.312 e. The Bertz CT molecular complexity index is 1460. The van der Waals surface area contributed by atoms with E-state index in [-0.39, 0.29) is 25.5 Å². The van der Waals surface area contributed by atoms with Crippen LogP contribution in [0.4, 0.5) is 4.39 Å². The molecule has 1 atom stereocenters. The average Bonchev–Trinajstić information content (AvgIpc) is 3.39. The first-order valence-electron chi connectivity index (χ1n) is 13.3. The van der Waals surface area contributed by atoms with Gasteiger partial charge in [-0.3, -0.25) is 4.79 Å². The molecule has 8 nitrogen and oxygen atoms in total. The van der Waals surface area contributed by atoms with Crippen molar-refractivity contribution in [1.29, 1.82) is 0 Å². The average molecular weight is 560 g/mol. The number of oxime groups is 1. The fraction of sp³-hybridized carbons (Fsp3) is 0.281. The molecule has 41 heavy (non-hydrogen) atoms. The van der Waals surface area contributed by atoms with Gasteiger partial charge in [-0.1, -0.05) is 55.4 Å². The Balaban J connectivity index is 1.35. The second-order valence-corrected chi connectivity index (χ2v) is 10.00. The maximum Gasteiger partial charge on any atom is 0.312 e. The van der Waals surface area contributed by atoms with Crippen LogP contribution in [0.2, 0.25) is 0 Å². The van der Waals surface area contributed by atoms with Crippen molar-refractivity contribution in [3.05, 3.63) is 107 Å². The maximum atomic E-state index is 13.1. The summed E-state index contributed by atoms with van der Waals surface area (Å²) >= 11 is 0. The van der Waals surface area contributed by atoms with Crippen LogP contribution in [0.1, 0.15) is 48.9 Å². The fourth-order valence-electron chi connectivity index (χ4n) is 4.26. The Kier molecular flexibility index (Phi) is 9.73. The number of ether oxygens (including phenoxy) is 2. The molecule has 0 bridgehead atoms. The van der Waals surface area contributed by atoms with Crippen molar-refractivity contribution in [3.8, 4) is 17.3 Å². The number of hydrogen-bond donors (Lipinski definition) is 1. The largest absolute Gasteiger partial charge is 0.489 e. The third-order valence-electron chi connectivity index (χ3n) is 6.71. The molecule has 0 aliphatic carbocycles. The van der Waals surface area contributed by atoms with Crippen LogP contribution in [0.5, 0.6) is 11.6 Å². The summed E-state index contributed by atoms with van der Waals surface area (Å²) in [4.78, 5) is 17.2. The number of nitrogens with zero attached hydrogens (tertiary/aromatic N) is 3. The first-order valence-corrected chi connectivity index (χ1v) is 13.3. The van der Waals surface area contributed by atoms with Gasteiger partial charge in [-0.05, 0) is 72.4 Å². The van der Waals surface area contributed by atoms with Crippen LogP contribution in [0.15, 0.2) is 84.1 Å². The van der Waals surface area contributed by atoms with Gasteiger partial charge in [0.1, 0.15) is 30.7 Å². The van der Waals surface area contributed by atoms with Gasteiger partial charge in [0, 0.05) is 0 Å². The van der Waals surface area contributed by atoms with Gasteiger partial charge in [0.15, 0.2) is 0 Å². The zero-order chi connectivity index (χ0) is 29.4. The highest BCUT2D eigenvalue weighted by atomic mass is 19.1. The molecule has 0 fully saturated rings. The van der Waals surface area contributed by atoms with E-state index in [9.17, 15) is 14.3 Å². The number of rotatable bonds is 13. The lowest BCUT2D eigenvalue weighted by atomic mass is 9.95. The van der Waals surface area contributed by atoms with Crippen molar-refractivity contribution < 1.29 is 28.6 Å². The van der Waals surface area contributed by atoms with Gasteiger partial charge in [-0.15, -0.1) is 0 Å². The van der Waals surface area contributed by atoms with Crippen molar-refractivity contribution in [2.24, 2.45) is 11.1 Å². The summed E-state index contributed by atoms with van der Waals surface area (Å²) in [5.41, 5.74) is 4.82. The normalized spacial score (nSPS) is 12.3. The molecule has 1 unspecified atom stereocenters. The van der Waals surface area contributed by atoms with Crippen molar-refractivity contribution in [1.82, 2.24) is 9.78 Å². The SMILES string of the molecule is COc1c(COc2ccc(CC(C(=O)O)C(C)=NOCc3ccc(F)cc3)cc2)cnn1-c1ccc(C(C)C)cc1. The molecule has 1 N–H and O–H groups in total. The molecule has 0 saturated heterocycles. The molecule has 0 aliphatic rings. The molecule has 214 valence electrons. The molecular formula is C32H34FN3O5. The lowest BCUT2D eigenvalue weighted by Crippen LogP contribution is -2.24. The predicted molar refractivity (Wildman–Crippen MR) is 154 cm³/mol.